The highest BCUT2D eigenvalue weighted by atomic mass is 16.3. The van der Waals surface area contributed by atoms with Crippen molar-refractivity contribution in [3.63, 3.8) is 0 Å². The monoisotopic (exact) mass is 568 g/mol. The molecule has 0 spiro atoms. The van der Waals surface area contributed by atoms with Crippen molar-refractivity contribution in [3.8, 4) is 0 Å². The highest BCUT2D eigenvalue weighted by molar-refractivity contribution is 5.81. The number of aliphatic hydroxyl groups is 2. The van der Waals surface area contributed by atoms with Gasteiger partial charge in [-0.3, -0.25) is 4.79 Å². The Morgan fingerprint density at radius 1 is 0.525 bits per heavy atom. The molecule has 0 amide bonds. The van der Waals surface area contributed by atoms with E-state index in [1.54, 1.807) is 0 Å². The Labute approximate surface area is 251 Å². The molecule has 40 heavy (non-hydrogen) atoms. The number of nitrogens with two attached hydrogens (primary N) is 1. The summed E-state index contributed by atoms with van der Waals surface area (Å²) in [4.78, 5) is 12.6. The third kappa shape index (κ3) is 27.7. The average Bonchev–Trinajstić information content (AvgIpc) is 2.95. The number of carbonyl (C=O) groups excluding carboxylic acids is 1. The van der Waals surface area contributed by atoms with Gasteiger partial charge in [0.05, 0.1) is 18.6 Å². The lowest BCUT2D eigenvalue weighted by Crippen LogP contribution is -2.31. The fraction of sp³-hybridized carbons (Fsp3) is 0.972. The van der Waals surface area contributed by atoms with Crippen LogP contribution in [-0.2, 0) is 4.79 Å². The number of hydrogen-bond donors (Lipinski definition) is 3. The van der Waals surface area contributed by atoms with Gasteiger partial charge in [-0.05, 0) is 25.8 Å². The van der Waals surface area contributed by atoms with Gasteiger partial charge < -0.3 is 15.9 Å². The van der Waals surface area contributed by atoms with Crippen LogP contribution in [0.4, 0.5) is 0 Å². The molecule has 0 aliphatic rings. The second kappa shape index (κ2) is 33.1. The first-order valence-electron chi connectivity index (χ1n) is 18.2. The van der Waals surface area contributed by atoms with Crippen molar-refractivity contribution in [2.45, 2.75) is 206 Å². The first-order chi connectivity index (χ1) is 19.7. The van der Waals surface area contributed by atoms with E-state index in [0.717, 1.165) is 32.2 Å². The molecule has 0 aromatic rings. The number of aliphatic hydroxyl groups excluding tert-OH is 2. The zero-order valence-corrected chi connectivity index (χ0v) is 27.2. The van der Waals surface area contributed by atoms with Gasteiger partial charge in [0.15, 0.2) is 0 Å². The molecular formula is C36H73NO3. The maximum atomic E-state index is 12.6. The Kier molecular flexibility index (Phi) is 32.7. The SMILES string of the molecule is CCCCCCCCCCCCCCCCCC(=O)C(CO)C(O)CCCCCCCCCCCCCCCN. The van der Waals surface area contributed by atoms with Crippen LogP contribution in [0.5, 0.6) is 0 Å². The van der Waals surface area contributed by atoms with E-state index in [1.807, 2.05) is 0 Å². The average molecular weight is 568 g/mol. The number of unbranched alkanes of at least 4 members (excludes halogenated alkanes) is 26. The lowest BCUT2D eigenvalue weighted by Gasteiger charge is -2.20. The molecule has 0 fully saturated rings. The van der Waals surface area contributed by atoms with Crippen LogP contribution in [0.15, 0.2) is 0 Å². The van der Waals surface area contributed by atoms with Gasteiger partial charge in [-0.15, -0.1) is 0 Å². The summed E-state index contributed by atoms with van der Waals surface area (Å²) in [5, 5.41) is 20.2. The normalized spacial score (nSPS) is 13.1. The molecule has 0 radical (unpaired) electrons. The fourth-order valence-corrected chi connectivity index (χ4v) is 5.94. The molecule has 240 valence electrons. The minimum absolute atomic E-state index is 0.0593. The van der Waals surface area contributed by atoms with Gasteiger partial charge in [-0.2, -0.15) is 0 Å². The van der Waals surface area contributed by atoms with Crippen LogP contribution in [-0.4, -0.2) is 35.3 Å². The van der Waals surface area contributed by atoms with Crippen LogP contribution in [0.2, 0.25) is 0 Å². The van der Waals surface area contributed by atoms with Crippen LogP contribution in [0, 0.1) is 5.92 Å². The molecule has 2 unspecified atom stereocenters. The molecular weight excluding hydrogens is 494 g/mol. The molecule has 4 nitrogen and oxygen atoms in total. The van der Waals surface area contributed by atoms with Crippen molar-refractivity contribution < 1.29 is 15.0 Å². The van der Waals surface area contributed by atoms with Crippen LogP contribution in [0.1, 0.15) is 200 Å². The van der Waals surface area contributed by atoms with E-state index in [-0.39, 0.29) is 12.4 Å². The molecule has 0 aromatic heterocycles. The van der Waals surface area contributed by atoms with Crippen molar-refractivity contribution in [1.29, 1.82) is 0 Å². The fourth-order valence-electron chi connectivity index (χ4n) is 5.94. The lowest BCUT2D eigenvalue weighted by atomic mass is 9.91. The summed E-state index contributed by atoms with van der Waals surface area (Å²) in [5.74, 6) is -0.522. The number of rotatable bonds is 34. The first-order valence-corrected chi connectivity index (χ1v) is 18.2. The number of carbonyl (C=O) groups is 1. The van der Waals surface area contributed by atoms with Crippen molar-refractivity contribution in [1.82, 2.24) is 0 Å². The first kappa shape index (κ1) is 39.5. The zero-order chi connectivity index (χ0) is 29.4. The molecule has 0 aromatic carbocycles. The van der Waals surface area contributed by atoms with E-state index < -0.39 is 12.0 Å². The summed E-state index contributed by atoms with van der Waals surface area (Å²) in [6.07, 6.45) is 36.6. The van der Waals surface area contributed by atoms with Crippen LogP contribution >= 0.6 is 0 Å². The molecule has 0 saturated carbocycles. The molecule has 0 saturated heterocycles. The number of Topliss-reactive ketones (excluding diaryl/α,β-unsaturated/α-hetero) is 1. The van der Waals surface area contributed by atoms with Crippen molar-refractivity contribution in [2.75, 3.05) is 13.2 Å². The number of ketones is 1. The zero-order valence-electron chi connectivity index (χ0n) is 27.2. The van der Waals surface area contributed by atoms with Crippen LogP contribution in [0.25, 0.3) is 0 Å². The minimum atomic E-state index is -0.682. The number of hydrogen-bond acceptors (Lipinski definition) is 4. The summed E-state index contributed by atoms with van der Waals surface area (Å²) in [6, 6.07) is 0. The predicted molar refractivity (Wildman–Crippen MR) is 175 cm³/mol. The van der Waals surface area contributed by atoms with Gasteiger partial charge in [0, 0.05) is 6.42 Å². The predicted octanol–water partition coefficient (Wildman–Crippen LogP) is 10.2. The second-order valence-electron chi connectivity index (χ2n) is 12.7. The quantitative estimate of drug-likeness (QED) is 0.0675. The maximum absolute atomic E-state index is 12.6. The lowest BCUT2D eigenvalue weighted by molar-refractivity contribution is -0.128. The van der Waals surface area contributed by atoms with E-state index >= 15 is 0 Å². The largest absolute Gasteiger partial charge is 0.396 e. The minimum Gasteiger partial charge on any atom is -0.396 e. The van der Waals surface area contributed by atoms with E-state index in [4.69, 9.17) is 5.73 Å². The van der Waals surface area contributed by atoms with Gasteiger partial charge in [-0.1, -0.05) is 174 Å². The molecule has 0 bridgehead atoms. The standard InChI is InChI=1S/C36H73NO3/c1-2-3-4-5-6-7-8-9-10-12-15-18-21-24-27-30-35(39)34(33-38)36(40)31-28-25-22-19-16-13-11-14-17-20-23-26-29-32-37/h34,36,38,40H,2-33,37H2,1H3. The second-order valence-corrected chi connectivity index (χ2v) is 12.7. The van der Waals surface area contributed by atoms with E-state index in [2.05, 4.69) is 6.92 Å². The van der Waals surface area contributed by atoms with Crippen molar-refractivity contribution in [2.24, 2.45) is 11.7 Å². The summed E-state index contributed by atoms with van der Waals surface area (Å²) < 4.78 is 0. The molecule has 0 rings (SSSR count). The Hall–Kier alpha value is -0.450. The molecule has 0 aliphatic carbocycles. The molecule has 0 aliphatic heterocycles. The van der Waals surface area contributed by atoms with E-state index in [1.165, 1.54) is 154 Å². The Morgan fingerprint density at radius 3 is 1.20 bits per heavy atom. The Morgan fingerprint density at radius 2 is 0.850 bits per heavy atom. The highest BCUT2D eigenvalue weighted by Crippen LogP contribution is 2.19. The molecule has 2 atom stereocenters. The van der Waals surface area contributed by atoms with Crippen LogP contribution < -0.4 is 5.73 Å². The van der Waals surface area contributed by atoms with Gasteiger partial charge in [0.2, 0.25) is 0 Å². The summed E-state index contributed by atoms with van der Waals surface area (Å²) in [7, 11) is 0. The Balaban J connectivity index is 3.53. The van der Waals surface area contributed by atoms with Gasteiger partial charge in [0.25, 0.3) is 0 Å². The van der Waals surface area contributed by atoms with Crippen molar-refractivity contribution >= 4 is 5.78 Å². The van der Waals surface area contributed by atoms with E-state index in [0.29, 0.717) is 12.8 Å². The topological polar surface area (TPSA) is 83.5 Å². The molecule has 4 heteroatoms. The smallest absolute Gasteiger partial charge is 0.140 e. The highest BCUT2D eigenvalue weighted by Gasteiger charge is 2.25. The third-order valence-electron chi connectivity index (χ3n) is 8.81. The summed E-state index contributed by atoms with van der Waals surface area (Å²) in [6.45, 7) is 2.89. The van der Waals surface area contributed by atoms with Gasteiger partial charge >= 0.3 is 0 Å². The Bertz CT molecular complexity index is 498. The third-order valence-corrected chi connectivity index (χ3v) is 8.81. The van der Waals surface area contributed by atoms with Gasteiger partial charge in [0.1, 0.15) is 5.78 Å². The van der Waals surface area contributed by atoms with Gasteiger partial charge in [-0.25, -0.2) is 0 Å². The maximum Gasteiger partial charge on any atom is 0.140 e. The van der Waals surface area contributed by atoms with Crippen LogP contribution in [0.3, 0.4) is 0 Å². The summed E-state index contributed by atoms with van der Waals surface area (Å²) >= 11 is 0. The molecule has 4 N–H and O–H groups in total. The molecule has 0 heterocycles. The van der Waals surface area contributed by atoms with E-state index in [9.17, 15) is 15.0 Å². The van der Waals surface area contributed by atoms with Crippen molar-refractivity contribution in [3.05, 3.63) is 0 Å². The summed E-state index contributed by atoms with van der Waals surface area (Å²) in [5.41, 5.74) is 5.53.